The highest BCUT2D eigenvalue weighted by atomic mass is 15.0. The van der Waals surface area contributed by atoms with Gasteiger partial charge in [0.05, 0.1) is 0 Å². The molecule has 0 spiro atoms. The van der Waals surface area contributed by atoms with E-state index in [1.807, 2.05) is 12.1 Å². The van der Waals surface area contributed by atoms with Gasteiger partial charge in [-0.3, -0.25) is 0 Å². The van der Waals surface area contributed by atoms with E-state index in [9.17, 15) is 0 Å². The van der Waals surface area contributed by atoms with Crippen LogP contribution in [0.25, 0.3) is 55.1 Å². The average Bonchev–Trinajstić information content (AvgIpc) is 2.84. The van der Waals surface area contributed by atoms with Crippen LogP contribution in [0.4, 0.5) is 0 Å². The van der Waals surface area contributed by atoms with Crippen molar-refractivity contribution < 1.29 is 0 Å². The van der Waals surface area contributed by atoms with Crippen molar-refractivity contribution >= 4 is 32.3 Å². The number of aromatic nitrogens is 6. The maximum atomic E-state index is 4.38. The normalized spacial score (nSPS) is 11.3. The molecule has 0 aliphatic rings. The molecule has 0 saturated heterocycles. The lowest BCUT2D eigenvalue weighted by Crippen LogP contribution is -1.92. The van der Waals surface area contributed by atoms with Crippen molar-refractivity contribution in [2.24, 2.45) is 0 Å². The lowest BCUT2D eigenvalue weighted by Gasteiger charge is -2.12. The molecule has 0 fully saturated rings. The van der Waals surface area contributed by atoms with Crippen LogP contribution in [0.3, 0.4) is 0 Å². The molecule has 6 heteroatoms. The molecule has 0 radical (unpaired) electrons. The molecular formula is C24H14N6. The Balaban J connectivity index is 1.73. The van der Waals surface area contributed by atoms with E-state index < -0.39 is 0 Å². The minimum atomic E-state index is 0.662. The molecule has 140 valence electrons. The predicted molar refractivity (Wildman–Crippen MR) is 117 cm³/mol. The van der Waals surface area contributed by atoms with E-state index in [0.717, 1.165) is 32.7 Å². The van der Waals surface area contributed by atoms with Gasteiger partial charge in [-0.05, 0) is 44.5 Å². The maximum Gasteiger partial charge on any atom is 0.163 e. The van der Waals surface area contributed by atoms with E-state index in [4.69, 9.17) is 0 Å². The third kappa shape index (κ3) is 2.58. The molecule has 6 rings (SSSR count). The minimum absolute atomic E-state index is 0.662. The molecular weight excluding hydrogens is 372 g/mol. The third-order valence-corrected chi connectivity index (χ3v) is 5.33. The van der Waals surface area contributed by atoms with Crippen LogP contribution in [0.1, 0.15) is 0 Å². The summed E-state index contributed by atoms with van der Waals surface area (Å²) in [6.07, 6.45) is 6.10. The number of hydrogen-bond donors (Lipinski definition) is 0. The molecule has 0 aliphatic carbocycles. The van der Waals surface area contributed by atoms with Crippen LogP contribution in [-0.4, -0.2) is 29.9 Å². The van der Waals surface area contributed by atoms with E-state index in [1.54, 1.807) is 0 Å². The number of fused-ring (bicyclic) bond motifs is 5. The summed E-state index contributed by atoms with van der Waals surface area (Å²) in [5.41, 5.74) is 1.96. The highest BCUT2D eigenvalue weighted by Gasteiger charge is 2.13. The Morgan fingerprint density at radius 3 is 1.90 bits per heavy atom. The molecule has 30 heavy (non-hydrogen) atoms. The van der Waals surface area contributed by atoms with Gasteiger partial charge in [-0.1, -0.05) is 48.5 Å². The first kappa shape index (κ1) is 16.6. The molecule has 6 aromatic rings. The van der Waals surface area contributed by atoms with Gasteiger partial charge in [0.25, 0.3) is 0 Å². The average molecular weight is 386 g/mol. The summed E-state index contributed by atoms with van der Waals surface area (Å²) in [4.78, 5) is 25.2. The van der Waals surface area contributed by atoms with Gasteiger partial charge in [0, 0.05) is 11.1 Å². The summed E-state index contributed by atoms with van der Waals surface area (Å²) in [5, 5.41) is 6.90. The van der Waals surface area contributed by atoms with Crippen molar-refractivity contribution in [2.45, 2.75) is 0 Å². The Labute approximate surface area is 171 Å². The van der Waals surface area contributed by atoms with Crippen molar-refractivity contribution in [2.75, 3.05) is 0 Å². The number of rotatable bonds is 2. The van der Waals surface area contributed by atoms with Gasteiger partial charge >= 0.3 is 0 Å². The predicted octanol–water partition coefficient (Wildman–Crippen LogP) is 4.85. The first-order valence-corrected chi connectivity index (χ1v) is 9.51. The largest absolute Gasteiger partial charge is 0.225 e. The number of benzene rings is 4. The number of hydrogen-bond acceptors (Lipinski definition) is 6. The summed E-state index contributed by atoms with van der Waals surface area (Å²) in [6.45, 7) is 0. The van der Waals surface area contributed by atoms with E-state index in [2.05, 4.69) is 78.4 Å². The fourth-order valence-corrected chi connectivity index (χ4v) is 4.02. The first-order valence-electron chi connectivity index (χ1n) is 9.51. The Bertz CT molecular complexity index is 1530. The van der Waals surface area contributed by atoms with Crippen LogP contribution in [0, 0.1) is 0 Å². The summed E-state index contributed by atoms with van der Waals surface area (Å²) in [5.74, 6) is 1.33. The zero-order valence-corrected chi connectivity index (χ0v) is 15.8. The van der Waals surface area contributed by atoms with Crippen molar-refractivity contribution in [3.8, 4) is 22.8 Å². The second kappa shape index (κ2) is 6.63. The van der Waals surface area contributed by atoms with Crippen LogP contribution in [0.15, 0.2) is 86.0 Å². The van der Waals surface area contributed by atoms with Gasteiger partial charge in [-0.25, -0.2) is 29.9 Å². The molecule has 2 aromatic heterocycles. The summed E-state index contributed by atoms with van der Waals surface area (Å²) in [6, 6.07) is 21.1. The zero-order valence-electron chi connectivity index (χ0n) is 15.8. The Hall–Kier alpha value is -4.32. The standard InChI is InChI=1S/C24H14N6/c1-2-4-19-18(3-1)21(24-29-13-26-14-30-24)9-16-7-5-15-6-8-17(10-20(15)22(16)19)23-27-11-25-12-28-23/h1-14H. The molecule has 0 bridgehead atoms. The van der Waals surface area contributed by atoms with E-state index >= 15 is 0 Å². The Kier molecular flexibility index (Phi) is 3.67. The van der Waals surface area contributed by atoms with Crippen LogP contribution in [0.5, 0.6) is 0 Å². The molecule has 4 aromatic carbocycles. The lowest BCUT2D eigenvalue weighted by molar-refractivity contribution is 1.06. The van der Waals surface area contributed by atoms with Gasteiger partial charge in [0.15, 0.2) is 11.6 Å². The van der Waals surface area contributed by atoms with E-state index in [-0.39, 0.29) is 0 Å². The highest BCUT2D eigenvalue weighted by Crippen LogP contribution is 2.38. The molecule has 0 saturated carbocycles. The molecule has 6 nitrogen and oxygen atoms in total. The summed E-state index contributed by atoms with van der Waals surface area (Å²) < 4.78 is 0. The second-order valence-electron chi connectivity index (χ2n) is 6.99. The first-order chi connectivity index (χ1) is 14.9. The topological polar surface area (TPSA) is 77.3 Å². The molecule has 0 aliphatic heterocycles. The summed E-state index contributed by atoms with van der Waals surface area (Å²) >= 11 is 0. The monoisotopic (exact) mass is 386 g/mol. The summed E-state index contributed by atoms with van der Waals surface area (Å²) in [7, 11) is 0. The van der Waals surface area contributed by atoms with Gasteiger partial charge in [0.2, 0.25) is 0 Å². The van der Waals surface area contributed by atoms with Gasteiger partial charge in [-0.15, -0.1) is 0 Å². The van der Waals surface area contributed by atoms with Crippen molar-refractivity contribution in [1.29, 1.82) is 0 Å². The minimum Gasteiger partial charge on any atom is -0.225 e. The zero-order chi connectivity index (χ0) is 19.9. The van der Waals surface area contributed by atoms with Crippen molar-refractivity contribution in [1.82, 2.24) is 29.9 Å². The molecule has 0 amide bonds. The third-order valence-electron chi connectivity index (χ3n) is 5.33. The molecule has 0 atom stereocenters. The molecule has 2 heterocycles. The molecule has 0 N–H and O–H groups in total. The van der Waals surface area contributed by atoms with E-state index in [1.165, 1.54) is 36.1 Å². The second-order valence-corrected chi connectivity index (χ2v) is 6.99. The maximum absolute atomic E-state index is 4.38. The lowest BCUT2D eigenvalue weighted by atomic mass is 9.92. The Morgan fingerprint density at radius 2 is 1.13 bits per heavy atom. The van der Waals surface area contributed by atoms with Crippen LogP contribution in [-0.2, 0) is 0 Å². The fourth-order valence-electron chi connectivity index (χ4n) is 4.02. The van der Waals surface area contributed by atoms with Crippen LogP contribution in [0.2, 0.25) is 0 Å². The Morgan fingerprint density at radius 1 is 0.500 bits per heavy atom. The number of nitrogens with zero attached hydrogens (tertiary/aromatic N) is 6. The van der Waals surface area contributed by atoms with Gasteiger partial charge < -0.3 is 0 Å². The van der Waals surface area contributed by atoms with Crippen molar-refractivity contribution in [3.63, 3.8) is 0 Å². The quantitative estimate of drug-likeness (QED) is 0.396. The highest BCUT2D eigenvalue weighted by molar-refractivity contribution is 6.23. The van der Waals surface area contributed by atoms with Gasteiger partial charge in [0.1, 0.15) is 25.3 Å². The van der Waals surface area contributed by atoms with Crippen molar-refractivity contribution in [3.05, 3.63) is 86.0 Å². The SMILES string of the molecule is c1ccc2c(c1)c(-c1ncncn1)cc1ccc3ccc(-c4ncncn4)cc3c12. The van der Waals surface area contributed by atoms with Gasteiger partial charge in [-0.2, -0.15) is 0 Å². The fraction of sp³-hybridized carbons (Fsp3) is 0. The smallest absolute Gasteiger partial charge is 0.163 e. The molecule has 0 unspecified atom stereocenters. The van der Waals surface area contributed by atoms with Crippen LogP contribution < -0.4 is 0 Å². The van der Waals surface area contributed by atoms with E-state index in [0.29, 0.717) is 11.6 Å². The van der Waals surface area contributed by atoms with Crippen LogP contribution >= 0.6 is 0 Å².